The highest BCUT2D eigenvalue weighted by Gasteiger charge is 2.21. The van der Waals surface area contributed by atoms with E-state index in [0.29, 0.717) is 0 Å². The van der Waals surface area contributed by atoms with Gasteiger partial charge in [0, 0.05) is 38.2 Å². The molecule has 8 aromatic carbocycles. The van der Waals surface area contributed by atoms with Gasteiger partial charge in [-0.3, -0.25) is 0 Å². The van der Waals surface area contributed by atoms with Crippen molar-refractivity contribution in [2.24, 2.45) is 0 Å². The Kier molecular flexibility index (Phi) is 6.18. The summed E-state index contributed by atoms with van der Waals surface area (Å²) in [6.45, 7) is 0. The Morgan fingerprint density at radius 3 is 1.80 bits per heavy atom. The molecule has 0 bridgehead atoms. The molecule has 0 saturated heterocycles. The first-order chi connectivity index (χ1) is 24.3. The lowest BCUT2D eigenvalue weighted by atomic mass is 9.96. The predicted octanol–water partition coefficient (Wildman–Crippen LogP) is 13.4. The molecule has 0 amide bonds. The summed E-state index contributed by atoms with van der Waals surface area (Å²) in [6, 6.07) is 62.1. The van der Waals surface area contributed by atoms with Gasteiger partial charge >= 0.3 is 0 Å². The van der Waals surface area contributed by atoms with Crippen LogP contribution in [-0.2, 0) is 0 Å². The summed E-state index contributed by atoms with van der Waals surface area (Å²) in [5, 5.41) is 6.90. The predicted molar refractivity (Wildman–Crippen MR) is 204 cm³/mol. The van der Waals surface area contributed by atoms with Crippen molar-refractivity contribution >= 4 is 71.7 Å². The maximum Gasteiger partial charge on any atom is 0.136 e. The van der Waals surface area contributed by atoms with Crippen molar-refractivity contribution in [1.29, 1.82) is 0 Å². The maximum absolute atomic E-state index is 6.32. The molecule has 3 nitrogen and oxygen atoms in total. The maximum atomic E-state index is 6.32. The third-order valence-electron chi connectivity index (χ3n) is 9.68. The molecule has 10 aromatic rings. The van der Waals surface area contributed by atoms with E-state index < -0.39 is 0 Å². The van der Waals surface area contributed by atoms with Crippen LogP contribution in [0.15, 0.2) is 185 Å². The van der Waals surface area contributed by atoms with Crippen LogP contribution in [0.5, 0.6) is 0 Å². The molecule has 0 N–H and O–H groups in total. The second-order valence-electron chi connectivity index (χ2n) is 12.5. The number of fused-ring (bicyclic) bond motifs is 7. The quantitative estimate of drug-likeness (QED) is 0.190. The second kappa shape index (κ2) is 11.0. The third-order valence-corrected chi connectivity index (χ3v) is 9.68. The van der Waals surface area contributed by atoms with Gasteiger partial charge < -0.3 is 13.7 Å². The highest BCUT2D eigenvalue weighted by Crippen LogP contribution is 2.46. The molecule has 0 spiro atoms. The average Bonchev–Trinajstić information content (AvgIpc) is 3.74. The van der Waals surface area contributed by atoms with Crippen LogP contribution in [0.2, 0.25) is 0 Å². The topological polar surface area (TPSA) is 29.5 Å². The number of hydrogen-bond donors (Lipinski definition) is 0. The molecule has 0 aliphatic heterocycles. The SMILES string of the molecule is c1ccc(N(c2ccc(-c3ccc4c(c3)oc3ccccc34)cc2)c2cccc3ccccc23)c(-c2cccc3oc4ccccc4c23)c1. The molecular formula is C46H29NO2. The van der Waals surface area contributed by atoms with Crippen molar-refractivity contribution in [3.05, 3.63) is 176 Å². The van der Waals surface area contributed by atoms with Crippen LogP contribution in [-0.4, -0.2) is 0 Å². The lowest BCUT2D eigenvalue weighted by molar-refractivity contribution is 0.668. The Morgan fingerprint density at radius 2 is 0.918 bits per heavy atom. The molecule has 0 atom stereocenters. The van der Waals surface area contributed by atoms with Crippen LogP contribution in [0.1, 0.15) is 0 Å². The zero-order chi connectivity index (χ0) is 32.3. The molecule has 0 aliphatic carbocycles. The van der Waals surface area contributed by atoms with E-state index in [1.807, 2.05) is 24.3 Å². The van der Waals surface area contributed by atoms with Crippen LogP contribution in [0.3, 0.4) is 0 Å². The molecule has 0 saturated carbocycles. The van der Waals surface area contributed by atoms with Crippen LogP contribution < -0.4 is 4.90 Å². The van der Waals surface area contributed by atoms with E-state index in [1.54, 1.807) is 0 Å². The van der Waals surface area contributed by atoms with Gasteiger partial charge in [-0.25, -0.2) is 0 Å². The molecule has 0 fully saturated rings. The normalized spacial score (nSPS) is 11.7. The van der Waals surface area contributed by atoms with Crippen LogP contribution >= 0.6 is 0 Å². The summed E-state index contributed by atoms with van der Waals surface area (Å²) in [5.41, 5.74) is 11.4. The Bertz CT molecular complexity index is 2830. The number of furan rings is 2. The number of anilines is 3. The van der Waals surface area contributed by atoms with Crippen molar-refractivity contribution in [1.82, 2.24) is 0 Å². The van der Waals surface area contributed by atoms with E-state index in [2.05, 4.69) is 157 Å². The summed E-state index contributed by atoms with van der Waals surface area (Å²) in [7, 11) is 0. The molecule has 2 aromatic heterocycles. The molecule has 0 aliphatic rings. The van der Waals surface area contributed by atoms with Gasteiger partial charge in [-0.15, -0.1) is 0 Å². The molecule has 0 radical (unpaired) electrons. The van der Waals surface area contributed by atoms with Gasteiger partial charge in [0.15, 0.2) is 0 Å². The Balaban J connectivity index is 1.16. The molecule has 49 heavy (non-hydrogen) atoms. The highest BCUT2D eigenvalue weighted by molar-refractivity contribution is 6.14. The smallest absolute Gasteiger partial charge is 0.136 e. The van der Waals surface area contributed by atoms with E-state index in [-0.39, 0.29) is 0 Å². The molecule has 2 heterocycles. The fourth-order valence-corrected chi connectivity index (χ4v) is 7.42. The van der Waals surface area contributed by atoms with Gasteiger partial charge in [-0.2, -0.15) is 0 Å². The first kappa shape index (κ1) is 27.5. The van der Waals surface area contributed by atoms with Crippen molar-refractivity contribution in [3.63, 3.8) is 0 Å². The number of hydrogen-bond acceptors (Lipinski definition) is 3. The number of para-hydroxylation sites is 3. The minimum atomic E-state index is 0.885. The highest BCUT2D eigenvalue weighted by atomic mass is 16.3. The second-order valence-corrected chi connectivity index (χ2v) is 12.5. The minimum Gasteiger partial charge on any atom is -0.456 e. The van der Waals surface area contributed by atoms with Crippen molar-refractivity contribution in [2.75, 3.05) is 4.90 Å². The number of benzene rings is 8. The molecule has 3 heteroatoms. The van der Waals surface area contributed by atoms with Gasteiger partial charge in [0.2, 0.25) is 0 Å². The molecule has 10 rings (SSSR count). The lowest BCUT2D eigenvalue weighted by Gasteiger charge is -2.29. The average molecular weight is 628 g/mol. The van der Waals surface area contributed by atoms with E-state index in [0.717, 1.165) is 83.2 Å². The lowest BCUT2D eigenvalue weighted by Crippen LogP contribution is -2.11. The van der Waals surface area contributed by atoms with Gasteiger partial charge in [-0.1, -0.05) is 121 Å². The summed E-state index contributed by atoms with van der Waals surface area (Å²) < 4.78 is 12.5. The Morgan fingerprint density at radius 1 is 0.347 bits per heavy atom. The Labute approximate surface area is 282 Å². The van der Waals surface area contributed by atoms with E-state index in [4.69, 9.17) is 8.83 Å². The monoisotopic (exact) mass is 627 g/mol. The van der Waals surface area contributed by atoms with E-state index in [1.165, 1.54) is 10.8 Å². The standard InChI is InChI=1S/C46H29NO2/c1-2-13-34-31(11-1)12-9-19-40(34)47(33-26-23-30(24-27-33)32-25-28-37-36-15-4-7-20-42(36)49-45(37)29-32)41-18-6-3-14-35(41)38-17-10-22-44-46(38)39-16-5-8-21-43(39)48-44/h1-29H. The molecule has 230 valence electrons. The van der Waals surface area contributed by atoms with Gasteiger partial charge in [0.1, 0.15) is 22.3 Å². The summed E-state index contributed by atoms with van der Waals surface area (Å²) in [5.74, 6) is 0. The van der Waals surface area contributed by atoms with E-state index >= 15 is 0 Å². The Hall–Kier alpha value is -6.58. The summed E-state index contributed by atoms with van der Waals surface area (Å²) in [4.78, 5) is 2.39. The summed E-state index contributed by atoms with van der Waals surface area (Å²) >= 11 is 0. The van der Waals surface area contributed by atoms with Gasteiger partial charge in [-0.05, 0) is 76.7 Å². The first-order valence-electron chi connectivity index (χ1n) is 16.6. The van der Waals surface area contributed by atoms with Crippen molar-refractivity contribution in [2.45, 2.75) is 0 Å². The van der Waals surface area contributed by atoms with Crippen molar-refractivity contribution < 1.29 is 8.83 Å². The first-order valence-corrected chi connectivity index (χ1v) is 16.6. The van der Waals surface area contributed by atoms with Crippen molar-refractivity contribution in [3.8, 4) is 22.3 Å². The number of rotatable bonds is 5. The third kappa shape index (κ3) is 4.44. The fraction of sp³-hybridized carbons (Fsp3) is 0. The zero-order valence-corrected chi connectivity index (χ0v) is 26.5. The van der Waals surface area contributed by atoms with Gasteiger partial charge in [0.25, 0.3) is 0 Å². The van der Waals surface area contributed by atoms with Gasteiger partial charge in [0.05, 0.1) is 11.4 Å². The number of nitrogens with zero attached hydrogens (tertiary/aromatic N) is 1. The zero-order valence-electron chi connectivity index (χ0n) is 26.5. The largest absolute Gasteiger partial charge is 0.456 e. The van der Waals surface area contributed by atoms with Crippen LogP contribution in [0, 0.1) is 0 Å². The minimum absolute atomic E-state index is 0.885. The fourth-order valence-electron chi connectivity index (χ4n) is 7.42. The molecular weight excluding hydrogens is 599 g/mol. The van der Waals surface area contributed by atoms with Crippen LogP contribution in [0.4, 0.5) is 17.1 Å². The van der Waals surface area contributed by atoms with E-state index in [9.17, 15) is 0 Å². The summed E-state index contributed by atoms with van der Waals surface area (Å²) in [6.07, 6.45) is 0. The molecule has 0 unspecified atom stereocenters. The van der Waals surface area contributed by atoms with Crippen LogP contribution in [0.25, 0.3) is 76.9 Å².